The van der Waals surface area contributed by atoms with Gasteiger partial charge in [0.2, 0.25) is 0 Å². The van der Waals surface area contributed by atoms with Crippen molar-refractivity contribution in [3.63, 3.8) is 0 Å². The van der Waals surface area contributed by atoms with Gasteiger partial charge in [0.1, 0.15) is 30.5 Å². The van der Waals surface area contributed by atoms with E-state index in [1.165, 1.54) is 0 Å². The van der Waals surface area contributed by atoms with Crippen LogP contribution < -0.4 is 0 Å². The van der Waals surface area contributed by atoms with E-state index in [1.807, 2.05) is 0 Å². The van der Waals surface area contributed by atoms with E-state index in [-0.39, 0.29) is 0 Å². The molecule has 0 spiro atoms. The number of hydrogen-bond acceptors (Lipinski definition) is 9. The molecule has 0 aliphatic heterocycles. The highest BCUT2D eigenvalue weighted by Crippen LogP contribution is 2.42. The highest BCUT2D eigenvalue weighted by atomic mass is 31.2. The molecule has 1 aliphatic rings. The molecular weight excluding hydrogens is 343 g/mol. The maximum atomic E-state index is 11.5. The second-order valence-electron chi connectivity index (χ2n) is 4.87. The Labute approximate surface area is 129 Å². The fourth-order valence-electron chi connectivity index (χ4n) is 2.02. The molecule has 0 aromatic rings. The van der Waals surface area contributed by atoms with Crippen LogP contribution in [0.25, 0.3) is 0 Å². The van der Waals surface area contributed by atoms with Crippen molar-refractivity contribution >= 4 is 19.8 Å². The minimum atomic E-state index is -5.21. The normalized spacial score (nSPS) is 34.9. The molecule has 13 heteroatoms. The van der Waals surface area contributed by atoms with Gasteiger partial charge in [0.05, 0.1) is 12.8 Å². The van der Waals surface area contributed by atoms with Crippen LogP contribution in [0.1, 0.15) is 12.8 Å². The molecule has 0 bridgehead atoms. The van der Waals surface area contributed by atoms with Gasteiger partial charge in [0, 0.05) is 0 Å². The number of carboxylic acids is 1. The lowest BCUT2D eigenvalue weighted by Crippen LogP contribution is -2.65. The monoisotopic (exact) mass is 360 g/mol. The average molecular weight is 360 g/mol. The van der Waals surface area contributed by atoms with Crippen LogP contribution in [-0.2, 0) is 23.4 Å². The quantitative estimate of drug-likeness (QED) is 0.183. The van der Waals surface area contributed by atoms with Crippen LogP contribution in [0, 0.1) is 0 Å². The number of phosphoric ester groups is 1. The predicted octanol–water partition coefficient (Wildman–Crippen LogP) is -3.30. The Hall–Kier alpha value is -1.11. The second-order valence-corrected chi connectivity index (χ2v) is 6.06. The Bertz CT molecular complexity index is 488. The first-order valence-electron chi connectivity index (χ1n) is 6.31. The third-order valence-corrected chi connectivity index (χ3v) is 3.63. The van der Waals surface area contributed by atoms with Crippen molar-refractivity contribution in [2.24, 2.45) is 0 Å². The minimum absolute atomic E-state index is 0.612. The Morgan fingerprint density at radius 2 is 1.35 bits per heavy atom. The fraction of sp³-hybridized carbons (Fsp3) is 0.800. The van der Waals surface area contributed by atoms with E-state index in [2.05, 4.69) is 9.26 Å². The zero-order valence-electron chi connectivity index (χ0n) is 11.5. The van der Waals surface area contributed by atoms with Crippen molar-refractivity contribution < 1.29 is 58.7 Å². The summed E-state index contributed by atoms with van der Waals surface area (Å²) in [6, 6.07) is 0. The second kappa shape index (κ2) is 7.64. The molecule has 1 aliphatic carbocycles. The Balaban J connectivity index is 2.93. The van der Waals surface area contributed by atoms with E-state index in [9.17, 15) is 34.6 Å². The average Bonchev–Trinajstić information content (AvgIpc) is 2.43. The van der Waals surface area contributed by atoms with Crippen molar-refractivity contribution in [3.05, 3.63) is 0 Å². The number of carbonyl (C=O) groups excluding carboxylic acids is 1. The molecule has 0 aromatic carbocycles. The van der Waals surface area contributed by atoms with Gasteiger partial charge >= 0.3 is 19.8 Å². The van der Waals surface area contributed by atoms with Gasteiger partial charge in [-0.15, -0.1) is 0 Å². The molecule has 23 heavy (non-hydrogen) atoms. The lowest BCUT2D eigenvalue weighted by Gasteiger charge is -2.42. The first kappa shape index (κ1) is 19.9. The van der Waals surface area contributed by atoms with Crippen molar-refractivity contribution in [1.29, 1.82) is 0 Å². The van der Waals surface area contributed by atoms with E-state index in [1.54, 1.807) is 0 Å². The van der Waals surface area contributed by atoms with Crippen LogP contribution in [0.5, 0.6) is 0 Å². The Morgan fingerprint density at radius 1 is 0.870 bits per heavy atom. The lowest BCUT2D eigenvalue weighted by molar-refractivity contribution is -0.230. The number of esters is 1. The summed E-state index contributed by atoms with van der Waals surface area (Å²) < 4.78 is 19.8. The number of phosphoric acid groups is 1. The SMILES string of the molecule is O=C(O)CCC(=O)OC1C(O)C(O)C(O)C(O)C1OP(=O)(O)O. The standard InChI is InChI=1S/C10H17O12P/c11-3(12)1-2-4(13)21-9-7(16)5(14)6(15)8(17)10(9)22-23(18,19)20/h5-10,14-17H,1-2H2,(H,11,12)(H2,18,19,20). The molecule has 0 amide bonds. The van der Waals surface area contributed by atoms with Gasteiger partial charge in [-0.25, -0.2) is 4.57 Å². The summed E-state index contributed by atoms with van der Waals surface area (Å²) in [5.74, 6) is -2.49. The molecule has 6 unspecified atom stereocenters. The van der Waals surface area contributed by atoms with Crippen LogP contribution in [0.4, 0.5) is 0 Å². The molecule has 0 radical (unpaired) electrons. The summed E-state index contributed by atoms with van der Waals surface area (Å²) in [6.07, 6.45) is -13.3. The number of carboxylic acid groups (broad SMARTS) is 1. The number of carbonyl (C=O) groups is 2. The predicted molar refractivity (Wildman–Crippen MR) is 67.7 cm³/mol. The van der Waals surface area contributed by atoms with Gasteiger partial charge in [-0.2, -0.15) is 0 Å². The van der Waals surface area contributed by atoms with Crippen LogP contribution >= 0.6 is 7.82 Å². The number of rotatable bonds is 6. The maximum absolute atomic E-state index is 11.5. The topological polar surface area (TPSA) is 211 Å². The summed E-state index contributed by atoms with van der Waals surface area (Å²) in [5, 5.41) is 47.0. The number of hydrogen-bond donors (Lipinski definition) is 7. The lowest BCUT2D eigenvalue weighted by atomic mass is 9.85. The summed E-state index contributed by atoms with van der Waals surface area (Å²) in [6.45, 7) is 0. The molecule has 1 rings (SSSR count). The first-order chi connectivity index (χ1) is 10.4. The number of aliphatic hydroxyl groups excluding tert-OH is 4. The molecule has 12 nitrogen and oxygen atoms in total. The molecule has 1 saturated carbocycles. The molecule has 0 heterocycles. The largest absolute Gasteiger partial charge is 0.481 e. The van der Waals surface area contributed by atoms with Crippen molar-refractivity contribution in [3.8, 4) is 0 Å². The number of aliphatic hydroxyl groups is 4. The third-order valence-electron chi connectivity index (χ3n) is 3.12. The van der Waals surface area contributed by atoms with E-state index < -0.39 is 69.2 Å². The molecule has 6 atom stereocenters. The molecule has 1 fully saturated rings. The van der Waals surface area contributed by atoms with E-state index >= 15 is 0 Å². The highest BCUT2D eigenvalue weighted by Gasteiger charge is 2.53. The van der Waals surface area contributed by atoms with Gasteiger partial charge in [0.25, 0.3) is 0 Å². The minimum Gasteiger partial charge on any atom is -0.481 e. The molecule has 134 valence electrons. The van der Waals surface area contributed by atoms with Gasteiger partial charge in [-0.05, 0) is 0 Å². The van der Waals surface area contributed by atoms with Crippen LogP contribution in [0.2, 0.25) is 0 Å². The van der Waals surface area contributed by atoms with E-state index in [4.69, 9.17) is 14.9 Å². The zero-order valence-corrected chi connectivity index (χ0v) is 12.4. The zero-order chi connectivity index (χ0) is 17.9. The Morgan fingerprint density at radius 3 is 1.78 bits per heavy atom. The molecule has 0 aromatic heterocycles. The molecule has 7 N–H and O–H groups in total. The van der Waals surface area contributed by atoms with Crippen molar-refractivity contribution in [2.75, 3.05) is 0 Å². The van der Waals surface area contributed by atoms with Crippen LogP contribution in [-0.4, -0.2) is 83.9 Å². The summed E-state index contributed by atoms with van der Waals surface area (Å²) in [5.41, 5.74) is 0. The summed E-state index contributed by atoms with van der Waals surface area (Å²) in [4.78, 5) is 39.4. The molecule has 0 saturated heterocycles. The van der Waals surface area contributed by atoms with Crippen LogP contribution in [0.3, 0.4) is 0 Å². The van der Waals surface area contributed by atoms with Crippen LogP contribution in [0.15, 0.2) is 0 Å². The van der Waals surface area contributed by atoms with Gasteiger partial charge in [-0.1, -0.05) is 0 Å². The van der Waals surface area contributed by atoms with Gasteiger partial charge in [0.15, 0.2) is 6.10 Å². The maximum Gasteiger partial charge on any atom is 0.470 e. The number of ether oxygens (including phenoxy) is 1. The fourth-order valence-corrected chi connectivity index (χ4v) is 2.58. The summed E-state index contributed by atoms with van der Waals surface area (Å²) >= 11 is 0. The highest BCUT2D eigenvalue weighted by molar-refractivity contribution is 7.46. The summed E-state index contributed by atoms with van der Waals surface area (Å²) in [7, 11) is -5.21. The van der Waals surface area contributed by atoms with Crippen molar-refractivity contribution in [1.82, 2.24) is 0 Å². The van der Waals surface area contributed by atoms with Gasteiger partial charge < -0.3 is 40.1 Å². The van der Waals surface area contributed by atoms with Crippen molar-refractivity contribution in [2.45, 2.75) is 49.5 Å². The van der Waals surface area contributed by atoms with E-state index in [0.29, 0.717) is 0 Å². The molecular formula is C10H17O12P. The Kier molecular flexibility index (Phi) is 6.62. The number of aliphatic carboxylic acids is 1. The van der Waals surface area contributed by atoms with Gasteiger partial charge in [-0.3, -0.25) is 14.1 Å². The van der Waals surface area contributed by atoms with E-state index in [0.717, 1.165) is 0 Å². The smallest absolute Gasteiger partial charge is 0.470 e. The first-order valence-corrected chi connectivity index (χ1v) is 7.84. The third kappa shape index (κ3) is 5.48.